The molecular formula is C12H17IN3O9P. The van der Waals surface area contributed by atoms with Crippen molar-refractivity contribution >= 4 is 36.3 Å². The number of halogens is 1. The summed E-state index contributed by atoms with van der Waals surface area (Å²) in [5.74, 6) is -0.287. The maximum atomic E-state index is 12.0. The molecule has 0 saturated carbocycles. The number of alkyl halides is 1. The number of rotatable bonds is 7. The standard InChI is InChI=1S/C12H17IN3O9P/c13-2-9(18)14-3-6-4-16(12(20)15-11(6)19)10-1-7(17)8(25-10)5-24-26(21,22)23/h4,7-8,10,17H,1-3,5H2,(H,14,18)(H,15,19,20)(H2,21,22,23)/t7-,8+,10+/m0/s1. The summed E-state index contributed by atoms with van der Waals surface area (Å²) in [4.78, 5) is 54.6. The number of carbonyl (C=O) groups is 1. The first-order chi connectivity index (χ1) is 12.1. The van der Waals surface area contributed by atoms with Gasteiger partial charge in [0.05, 0.1) is 22.7 Å². The number of H-pyrrole nitrogens is 1. The zero-order valence-corrected chi connectivity index (χ0v) is 16.3. The number of nitrogens with one attached hydrogen (secondary N) is 2. The highest BCUT2D eigenvalue weighted by Gasteiger charge is 2.37. The normalized spacial score (nSPS) is 23.2. The third kappa shape index (κ3) is 5.70. The number of aliphatic hydroxyl groups is 1. The smallest absolute Gasteiger partial charge is 0.390 e. The Kier molecular flexibility index (Phi) is 7.12. The Labute approximate surface area is 159 Å². The molecule has 0 bridgehead atoms. The lowest BCUT2D eigenvalue weighted by atomic mass is 10.2. The minimum absolute atomic E-state index is 0.0549. The first-order valence-electron chi connectivity index (χ1n) is 7.31. The minimum Gasteiger partial charge on any atom is -0.390 e. The van der Waals surface area contributed by atoms with Gasteiger partial charge in [0.2, 0.25) is 5.91 Å². The molecule has 0 aliphatic carbocycles. The Balaban J connectivity index is 2.15. The highest BCUT2D eigenvalue weighted by atomic mass is 127. The van der Waals surface area contributed by atoms with E-state index in [1.54, 1.807) is 0 Å². The fraction of sp³-hybridized carbons (Fsp3) is 0.583. The lowest BCUT2D eigenvalue weighted by Gasteiger charge is -2.17. The average molecular weight is 505 g/mol. The van der Waals surface area contributed by atoms with Gasteiger partial charge in [0, 0.05) is 19.2 Å². The zero-order chi connectivity index (χ0) is 19.5. The molecule has 0 aromatic carbocycles. The molecule has 12 nitrogen and oxygen atoms in total. The van der Waals surface area contributed by atoms with Gasteiger partial charge < -0.3 is 24.9 Å². The molecule has 0 unspecified atom stereocenters. The Bertz CT molecular complexity index is 819. The van der Waals surface area contributed by atoms with Gasteiger partial charge in [-0.3, -0.25) is 23.7 Å². The molecule has 1 aliphatic rings. The van der Waals surface area contributed by atoms with Crippen LogP contribution in [-0.2, 0) is 25.2 Å². The number of aromatic amines is 1. The first kappa shape index (κ1) is 21.2. The lowest BCUT2D eigenvalue weighted by molar-refractivity contribution is -0.118. The van der Waals surface area contributed by atoms with Crippen molar-refractivity contribution in [2.75, 3.05) is 11.0 Å². The van der Waals surface area contributed by atoms with Crippen LogP contribution in [0.25, 0.3) is 0 Å². The SMILES string of the molecule is O=C(CI)NCc1cn([C@H]2C[C@H](O)[C@@H](COP(=O)(O)O)O2)c(=O)[nH]c1=O. The summed E-state index contributed by atoms with van der Waals surface area (Å²) in [5, 5.41) is 12.4. The van der Waals surface area contributed by atoms with Crippen molar-refractivity contribution in [3.63, 3.8) is 0 Å². The van der Waals surface area contributed by atoms with Crippen molar-refractivity contribution < 1.29 is 33.5 Å². The van der Waals surface area contributed by atoms with E-state index in [2.05, 4.69) is 14.8 Å². The molecule has 1 fully saturated rings. The molecule has 1 amide bonds. The highest BCUT2D eigenvalue weighted by Crippen LogP contribution is 2.38. The second-order valence-corrected chi connectivity index (χ2v) is 7.45. The van der Waals surface area contributed by atoms with Crippen LogP contribution in [0.2, 0.25) is 0 Å². The predicted octanol–water partition coefficient (Wildman–Crippen LogP) is -1.65. The molecule has 0 radical (unpaired) electrons. The van der Waals surface area contributed by atoms with Crippen LogP contribution in [0, 0.1) is 0 Å². The van der Waals surface area contributed by atoms with Crippen LogP contribution in [0.3, 0.4) is 0 Å². The van der Waals surface area contributed by atoms with Crippen LogP contribution < -0.4 is 16.6 Å². The summed E-state index contributed by atoms with van der Waals surface area (Å²) in [6.45, 7) is -0.671. The van der Waals surface area contributed by atoms with Crippen LogP contribution in [0.4, 0.5) is 0 Å². The number of nitrogens with zero attached hydrogens (tertiary/aromatic N) is 1. The van der Waals surface area contributed by atoms with E-state index in [0.717, 1.165) is 4.57 Å². The second-order valence-electron chi connectivity index (χ2n) is 5.45. The molecule has 1 saturated heterocycles. The lowest BCUT2D eigenvalue weighted by Crippen LogP contribution is -2.36. The Morgan fingerprint density at radius 1 is 1.50 bits per heavy atom. The Morgan fingerprint density at radius 2 is 2.19 bits per heavy atom. The average Bonchev–Trinajstić information content (AvgIpc) is 2.91. The van der Waals surface area contributed by atoms with Crippen molar-refractivity contribution in [3.8, 4) is 0 Å². The van der Waals surface area contributed by atoms with Gasteiger partial charge in [0.15, 0.2) is 0 Å². The molecule has 1 aromatic heterocycles. The number of amides is 1. The Morgan fingerprint density at radius 3 is 2.81 bits per heavy atom. The topological polar surface area (TPSA) is 180 Å². The predicted molar refractivity (Wildman–Crippen MR) is 94.6 cm³/mol. The minimum atomic E-state index is -4.73. The number of phosphoric acid groups is 1. The van der Waals surface area contributed by atoms with E-state index in [1.165, 1.54) is 6.20 Å². The number of carbonyl (C=O) groups excluding carboxylic acids is 1. The van der Waals surface area contributed by atoms with E-state index >= 15 is 0 Å². The van der Waals surface area contributed by atoms with Crippen LogP contribution in [0.1, 0.15) is 18.2 Å². The van der Waals surface area contributed by atoms with E-state index in [1.807, 2.05) is 22.6 Å². The molecule has 3 atom stereocenters. The maximum Gasteiger partial charge on any atom is 0.469 e. The van der Waals surface area contributed by atoms with Gasteiger partial charge in [-0.25, -0.2) is 9.36 Å². The molecule has 146 valence electrons. The summed E-state index contributed by atoms with van der Waals surface area (Å²) in [7, 11) is -4.73. The third-order valence-corrected chi connectivity index (χ3v) is 4.74. The molecular weight excluding hydrogens is 488 g/mol. The quantitative estimate of drug-likeness (QED) is 0.165. The van der Waals surface area contributed by atoms with E-state index < -0.39 is 44.1 Å². The van der Waals surface area contributed by atoms with E-state index in [4.69, 9.17) is 14.5 Å². The van der Waals surface area contributed by atoms with Crippen LogP contribution in [0.15, 0.2) is 15.8 Å². The van der Waals surface area contributed by atoms with E-state index in [9.17, 15) is 24.1 Å². The number of hydrogen-bond acceptors (Lipinski definition) is 7. The number of phosphoric ester groups is 1. The second kappa shape index (κ2) is 8.73. The van der Waals surface area contributed by atoms with Crippen molar-refractivity contribution in [2.45, 2.75) is 31.4 Å². The molecule has 14 heteroatoms. The molecule has 0 spiro atoms. The van der Waals surface area contributed by atoms with Crippen molar-refractivity contribution in [1.29, 1.82) is 0 Å². The van der Waals surface area contributed by atoms with Gasteiger partial charge in [-0.1, -0.05) is 22.6 Å². The van der Waals surface area contributed by atoms with E-state index in [0.29, 0.717) is 0 Å². The fourth-order valence-electron chi connectivity index (χ4n) is 2.31. The molecule has 5 N–H and O–H groups in total. The van der Waals surface area contributed by atoms with E-state index in [-0.39, 0.29) is 28.9 Å². The number of aromatic nitrogens is 2. The molecule has 26 heavy (non-hydrogen) atoms. The van der Waals surface area contributed by atoms with Gasteiger partial charge in [-0.05, 0) is 0 Å². The first-order valence-corrected chi connectivity index (χ1v) is 10.4. The van der Waals surface area contributed by atoms with Gasteiger partial charge in [-0.2, -0.15) is 0 Å². The van der Waals surface area contributed by atoms with Gasteiger partial charge in [0.1, 0.15) is 12.3 Å². The van der Waals surface area contributed by atoms with Gasteiger partial charge in [-0.15, -0.1) is 0 Å². The number of ether oxygens (including phenoxy) is 1. The zero-order valence-electron chi connectivity index (χ0n) is 13.2. The fourth-order valence-corrected chi connectivity index (χ4v) is 2.93. The van der Waals surface area contributed by atoms with Gasteiger partial charge >= 0.3 is 13.5 Å². The van der Waals surface area contributed by atoms with Crippen LogP contribution in [-0.4, -0.2) is 53.6 Å². The summed E-state index contributed by atoms with van der Waals surface area (Å²) in [6, 6.07) is 0. The summed E-state index contributed by atoms with van der Waals surface area (Å²) in [6.07, 6.45) is -2.02. The van der Waals surface area contributed by atoms with Crippen molar-refractivity contribution in [3.05, 3.63) is 32.6 Å². The monoisotopic (exact) mass is 505 g/mol. The summed E-state index contributed by atoms with van der Waals surface area (Å²) in [5.41, 5.74) is -1.34. The van der Waals surface area contributed by atoms with Crippen molar-refractivity contribution in [1.82, 2.24) is 14.9 Å². The number of hydrogen-bond donors (Lipinski definition) is 5. The maximum absolute atomic E-state index is 12.0. The highest BCUT2D eigenvalue weighted by molar-refractivity contribution is 14.1. The molecule has 2 heterocycles. The van der Waals surface area contributed by atoms with Crippen LogP contribution >= 0.6 is 30.4 Å². The third-order valence-electron chi connectivity index (χ3n) is 3.56. The largest absolute Gasteiger partial charge is 0.469 e. The number of aliphatic hydroxyl groups excluding tert-OH is 1. The Hall–Kier alpha value is -1.09. The molecule has 2 rings (SSSR count). The van der Waals surface area contributed by atoms with Gasteiger partial charge in [0.25, 0.3) is 5.56 Å². The molecule has 1 aliphatic heterocycles. The van der Waals surface area contributed by atoms with Crippen molar-refractivity contribution in [2.24, 2.45) is 0 Å². The molecule has 1 aromatic rings. The van der Waals surface area contributed by atoms with Crippen LogP contribution in [0.5, 0.6) is 0 Å². The summed E-state index contributed by atoms with van der Waals surface area (Å²) < 4.78 is 21.7. The summed E-state index contributed by atoms with van der Waals surface area (Å²) >= 11 is 1.86.